The van der Waals surface area contributed by atoms with Crippen LogP contribution in [-0.4, -0.2) is 74.8 Å². The van der Waals surface area contributed by atoms with Gasteiger partial charge in [0, 0.05) is 31.4 Å². The molecule has 1 aliphatic rings. The van der Waals surface area contributed by atoms with Crippen LogP contribution in [0.4, 0.5) is 10.2 Å². The lowest BCUT2D eigenvalue weighted by atomic mass is 9.91. The third kappa shape index (κ3) is 5.43. The molecule has 4 heterocycles. The Morgan fingerprint density at radius 3 is 2.75 bits per heavy atom. The predicted octanol–water partition coefficient (Wildman–Crippen LogP) is 2.34. The van der Waals surface area contributed by atoms with Gasteiger partial charge in [0.05, 0.1) is 25.0 Å². The molecule has 40 heavy (non-hydrogen) atoms. The fourth-order valence-electron chi connectivity index (χ4n) is 5.16. The van der Waals surface area contributed by atoms with Crippen LogP contribution in [0, 0.1) is 11.7 Å². The maximum atomic E-state index is 13.8. The van der Waals surface area contributed by atoms with Gasteiger partial charge in [0.25, 0.3) is 11.8 Å². The van der Waals surface area contributed by atoms with E-state index in [-0.39, 0.29) is 53.6 Å². The number of rotatable bonds is 8. The zero-order valence-electron chi connectivity index (χ0n) is 22.0. The van der Waals surface area contributed by atoms with Gasteiger partial charge in [-0.2, -0.15) is 5.10 Å². The standard InChI is InChI=1S/C28H30FN7O4/c1-40-27-22(28(39)35-9-2-3-18(15-35)11-17-4-6-20(29)7-5-17)12-19(14-32-27)23-13-21(26(38)31-8-10-37)24-25(30)33-16-34-36(23)24/h4-7,12-14,16,18,37H,2-3,8-11,15H2,1H3,(H,31,38)(H2,30,33,34)/t18-/m0/s1. The third-order valence-corrected chi connectivity index (χ3v) is 7.04. The van der Waals surface area contributed by atoms with Crippen molar-refractivity contribution in [2.75, 3.05) is 39.1 Å². The van der Waals surface area contributed by atoms with E-state index in [9.17, 15) is 14.0 Å². The Labute approximate surface area is 229 Å². The molecule has 5 rings (SSSR count). The number of nitrogen functional groups attached to an aromatic ring is 1. The van der Waals surface area contributed by atoms with Gasteiger partial charge < -0.3 is 25.8 Å². The van der Waals surface area contributed by atoms with Crippen molar-refractivity contribution in [2.24, 2.45) is 5.92 Å². The van der Waals surface area contributed by atoms with E-state index in [4.69, 9.17) is 15.6 Å². The summed E-state index contributed by atoms with van der Waals surface area (Å²) >= 11 is 0. The molecular formula is C28H30FN7O4. The van der Waals surface area contributed by atoms with Crippen LogP contribution in [-0.2, 0) is 6.42 Å². The molecule has 0 aliphatic carbocycles. The molecule has 0 radical (unpaired) electrons. The number of pyridine rings is 1. The van der Waals surface area contributed by atoms with Crippen molar-refractivity contribution in [3.63, 3.8) is 0 Å². The second-order valence-corrected chi connectivity index (χ2v) is 9.70. The Kier molecular flexibility index (Phi) is 7.87. The van der Waals surface area contributed by atoms with Gasteiger partial charge in [0.1, 0.15) is 23.2 Å². The summed E-state index contributed by atoms with van der Waals surface area (Å²) < 4.78 is 20.3. The Balaban J connectivity index is 1.46. The second kappa shape index (κ2) is 11.7. The van der Waals surface area contributed by atoms with Gasteiger partial charge in [0.15, 0.2) is 5.82 Å². The molecule has 0 bridgehead atoms. The summed E-state index contributed by atoms with van der Waals surface area (Å²) in [6.45, 7) is 1.00. The van der Waals surface area contributed by atoms with Crippen LogP contribution in [0.25, 0.3) is 16.8 Å². The van der Waals surface area contributed by atoms with E-state index >= 15 is 0 Å². The van der Waals surface area contributed by atoms with Crippen molar-refractivity contribution in [3.05, 3.63) is 71.4 Å². The number of fused-ring (bicyclic) bond motifs is 1. The monoisotopic (exact) mass is 547 g/mol. The number of nitrogens with one attached hydrogen (secondary N) is 1. The number of piperidine rings is 1. The van der Waals surface area contributed by atoms with E-state index in [1.165, 1.54) is 30.1 Å². The largest absolute Gasteiger partial charge is 0.480 e. The van der Waals surface area contributed by atoms with E-state index < -0.39 is 5.91 Å². The topological polar surface area (TPSA) is 148 Å². The molecule has 1 atom stereocenters. The van der Waals surface area contributed by atoms with E-state index in [0.29, 0.717) is 29.9 Å². The minimum absolute atomic E-state index is 0.0693. The molecule has 4 N–H and O–H groups in total. The highest BCUT2D eigenvalue weighted by Crippen LogP contribution is 2.31. The van der Waals surface area contributed by atoms with E-state index in [1.54, 1.807) is 35.4 Å². The molecule has 0 unspecified atom stereocenters. The van der Waals surface area contributed by atoms with Crippen molar-refractivity contribution in [2.45, 2.75) is 19.3 Å². The average Bonchev–Trinajstić information content (AvgIpc) is 3.38. The lowest BCUT2D eigenvalue weighted by molar-refractivity contribution is 0.0669. The number of likely N-dealkylation sites (tertiary alicyclic amines) is 1. The number of benzene rings is 1. The summed E-state index contributed by atoms with van der Waals surface area (Å²) in [4.78, 5) is 36.8. The Bertz CT molecular complexity index is 1540. The number of nitrogens with two attached hydrogens (primary N) is 1. The van der Waals surface area contributed by atoms with Crippen LogP contribution in [0.1, 0.15) is 39.1 Å². The number of carbonyl (C=O) groups excluding carboxylic acids is 2. The second-order valence-electron chi connectivity index (χ2n) is 9.70. The molecule has 12 heteroatoms. The lowest BCUT2D eigenvalue weighted by Gasteiger charge is -2.33. The lowest BCUT2D eigenvalue weighted by Crippen LogP contribution is -2.40. The van der Waals surface area contributed by atoms with Crippen molar-refractivity contribution in [1.29, 1.82) is 0 Å². The third-order valence-electron chi connectivity index (χ3n) is 7.04. The smallest absolute Gasteiger partial charge is 0.259 e. The van der Waals surface area contributed by atoms with Crippen molar-refractivity contribution in [1.82, 2.24) is 29.8 Å². The highest BCUT2D eigenvalue weighted by Gasteiger charge is 2.28. The fourth-order valence-corrected chi connectivity index (χ4v) is 5.16. The van der Waals surface area contributed by atoms with Crippen LogP contribution in [0.3, 0.4) is 0 Å². The minimum Gasteiger partial charge on any atom is -0.480 e. The number of aliphatic hydroxyl groups excluding tert-OH is 1. The molecule has 4 aromatic rings. The molecule has 0 saturated carbocycles. The average molecular weight is 548 g/mol. The number of methoxy groups -OCH3 is 1. The van der Waals surface area contributed by atoms with Crippen molar-refractivity contribution in [3.8, 4) is 17.1 Å². The molecule has 1 saturated heterocycles. The van der Waals surface area contributed by atoms with Crippen LogP contribution >= 0.6 is 0 Å². The first-order valence-electron chi connectivity index (χ1n) is 13.0. The van der Waals surface area contributed by atoms with E-state index in [2.05, 4.69) is 20.4 Å². The molecule has 208 valence electrons. The Morgan fingerprint density at radius 1 is 1.20 bits per heavy atom. The normalized spacial score (nSPS) is 15.3. The van der Waals surface area contributed by atoms with Gasteiger partial charge in [-0.25, -0.2) is 18.9 Å². The van der Waals surface area contributed by atoms with E-state index in [1.807, 2.05) is 0 Å². The highest BCUT2D eigenvalue weighted by atomic mass is 19.1. The van der Waals surface area contributed by atoms with Gasteiger partial charge in [-0.3, -0.25) is 9.59 Å². The van der Waals surface area contributed by atoms with Crippen molar-refractivity contribution < 1.29 is 23.8 Å². The van der Waals surface area contributed by atoms with Gasteiger partial charge >= 0.3 is 0 Å². The number of amides is 2. The number of halogens is 1. The first kappa shape index (κ1) is 27.0. The summed E-state index contributed by atoms with van der Waals surface area (Å²) in [6.07, 6.45) is 5.38. The summed E-state index contributed by atoms with van der Waals surface area (Å²) in [5.41, 5.74) is 8.95. The van der Waals surface area contributed by atoms with Gasteiger partial charge in [-0.1, -0.05) is 12.1 Å². The molecule has 1 aromatic carbocycles. The summed E-state index contributed by atoms with van der Waals surface area (Å²) in [6, 6.07) is 9.74. The van der Waals surface area contributed by atoms with Crippen molar-refractivity contribution >= 4 is 23.1 Å². The molecule has 1 aliphatic heterocycles. The minimum atomic E-state index is -0.447. The maximum absolute atomic E-state index is 13.8. The molecule has 3 aromatic heterocycles. The number of hydrogen-bond donors (Lipinski definition) is 3. The number of aromatic nitrogens is 4. The molecule has 11 nitrogen and oxygen atoms in total. The number of aliphatic hydroxyl groups is 1. The number of hydrogen-bond acceptors (Lipinski definition) is 8. The predicted molar refractivity (Wildman–Crippen MR) is 145 cm³/mol. The molecule has 1 fully saturated rings. The summed E-state index contributed by atoms with van der Waals surface area (Å²) in [5.74, 6) is -0.409. The summed E-state index contributed by atoms with van der Waals surface area (Å²) in [5, 5.41) is 16.0. The SMILES string of the molecule is COc1ncc(-c2cc(C(=O)NCCO)c3c(N)ncnn23)cc1C(=O)N1CCC[C@@H](Cc2ccc(F)cc2)C1. The van der Waals surface area contributed by atoms with E-state index in [0.717, 1.165) is 24.8 Å². The van der Waals surface area contributed by atoms with Gasteiger partial charge in [-0.05, 0) is 55.0 Å². The fraction of sp³-hybridized carbons (Fsp3) is 0.321. The zero-order chi connectivity index (χ0) is 28.2. The number of ether oxygens (including phenoxy) is 1. The first-order valence-corrected chi connectivity index (χ1v) is 13.0. The molecule has 2 amide bonds. The van der Waals surface area contributed by atoms with Gasteiger partial charge in [-0.15, -0.1) is 0 Å². The Hall–Kier alpha value is -4.58. The number of carbonyl (C=O) groups is 2. The first-order chi connectivity index (χ1) is 19.4. The molecular weight excluding hydrogens is 517 g/mol. The van der Waals surface area contributed by atoms with Gasteiger partial charge in [0.2, 0.25) is 5.88 Å². The Morgan fingerprint density at radius 2 is 2.00 bits per heavy atom. The quantitative estimate of drug-likeness (QED) is 0.305. The van der Waals surface area contributed by atoms with Crippen LogP contribution in [0.5, 0.6) is 5.88 Å². The zero-order valence-corrected chi connectivity index (χ0v) is 22.0. The number of nitrogens with zero attached hydrogens (tertiary/aromatic N) is 5. The highest BCUT2D eigenvalue weighted by molar-refractivity contribution is 6.05. The maximum Gasteiger partial charge on any atom is 0.259 e. The molecule has 0 spiro atoms. The van der Waals surface area contributed by atoms with Crippen LogP contribution in [0.2, 0.25) is 0 Å². The van der Waals surface area contributed by atoms with Crippen LogP contribution < -0.4 is 15.8 Å². The van der Waals surface area contributed by atoms with Crippen LogP contribution in [0.15, 0.2) is 48.9 Å². The summed E-state index contributed by atoms with van der Waals surface area (Å²) in [7, 11) is 1.45. The number of anilines is 1.